The SMILES string of the molecule is CC(C)(C)c1ccc(S(=O)(=O)Nc2cc(CF)nn2-c2cccc3ncccc23)cc1.Cc1cc(NS(=O)(=O)c2ccc(C(C)(C)C)c(F)c2)n(-c2cccc3c2ccc[n+]3[O-])n1.Cc1cc(NS(=O)(=O)c2ccc(C(C)(C)C)cc2)n(-c2cccc3c2ccc(=N)n3O)n1.Cc1cc(NS(=O)(=O)c2ccc(C(C)(C)C)cc2)n(-c2cccc3nc(N)ccc23)n1. The Morgan fingerprint density at radius 1 is 0.429 bits per heavy atom. The summed E-state index contributed by atoms with van der Waals surface area (Å²) < 4.78 is 150. The number of pyridine rings is 4. The predicted molar refractivity (Wildman–Crippen MR) is 487 cm³/mol. The molecule has 16 rings (SSSR count). The molecular formula is C92H96F2N18O10S4. The molecule has 8 heterocycles. The maximum absolute atomic E-state index is 14.6. The first-order valence-electron chi connectivity index (χ1n) is 39.8. The van der Waals surface area contributed by atoms with E-state index in [0.29, 0.717) is 84.4 Å². The van der Waals surface area contributed by atoms with Crippen molar-refractivity contribution in [2.75, 3.05) is 24.6 Å². The molecule has 0 aliphatic rings. The molecule has 0 fully saturated rings. The average molecular weight is 1780 g/mol. The average Bonchev–Trinajstić information content (AvgIpc) is 1.52. The highest BCUT2D eigenvalue weighted by Crippen LogP contribution is 2.36. The molecule has 652 valence electrons. The molecule has 126 heavy (non-hydrogen) atoms. The molecule has 0 saturated heterocycles. The summed E-state index contributed by atoms with van der Waals surface area (Å²) in [5, 5.41) is 50.6. The number of hydrogen-bond acceptors (Lipinski definition) is 18. The largest absolute Gasteiger partial charge is 0.618 e. The summed E-state index contributed by atoms with van der Waals surface area (Å²) >= 11 is 0. The van der Waals surface area contributed by atoms with E-state index >= 15 is 0 Å². The summed E-state index contributed by atoms with van der Waals surface area (Å²) in [5.74, 6) is 0.789. The van der Waals surface area contributed by atoms with Crippen LogP contribution in [-0.4, -0.2) is 92.7 Å². The Morgan fingerprint density at radius 2 is 0.817 bits per heavy atom. The van der Waals surface area contributed by atoms with Crippen molar-refractivity contribution in [3.05, 3.63) is 311 Å². The molecule has 28 nitrogen and oxygen atoms in total. The molecule has 0 amide bonds. The molecule has 0 unspecified atom stereocenters. The summed E-state index contributed by atoms with van der Waals surface area (Å²) in [7, 11) is -15.7. The smallest absolute Gasteiger partial charge is 0.263 e. The van der Waals surface area contributed by atoms with Crippen LogP contribution in [0, 0.1) is 37.2 Å². The number of rotatable bonds is 17. The van der Waals surface area contributed by atoms with Gasteiger partial charge in [0, 0.05) is 58.8 Å². The maximum Gasteiger partial charge on any atom is 0.263 e. The molecule has 0 atom stereocenters. The summed E-state index contributed by atoms with van der Waals surface area (Å²) in [6.45, 7) is 28.7. The minimum atomic E-state index is -4.09. The molecule has 8 N–H and O–H groups in total. The third-order valence-electron chi connectivity index (χ3n) is 20.5. The van der Waals surface area contributed by atoms with Gasteiger partial charge in [0.2, 0.25) is 5.52 Å². The fraction of sp³-hybridized carbons (Fsp3) is 0.217. The number of halogens is 2. The number of nitrogens with one attached hydrogen (secondary N) is 5. The number of benzene rings is 8. The van der Waals surface area contributed by atoms with Gasteiger partial charge in [-0.25, -0.2) is 66.2 Å². The van der Waals surface area contributed by atoms with E-state index in [1.807, 2.05) is 88.4 Å². The van der Waals surface area contributed by atoms with Crippen LogP contribution in [0.3, 0.4) is 0 Å². The number of anilines is 5. The standard InChI is InChI=1S/C23H23FN4O3S.C23H23FN4O2S.C23H25N5O3S.C23H25N5O2S/c1-15-13-22(26-32(30,31)16-10-11-18(19(24)14-16)23(2,3)4)28(25-15)21-9-5-8-20-17(21)7-6-12-27(20)29;1-23(2,3)16-9-11-18(12-10-16)31(29,30)27-22-14-17(15-24)26-28(22)21-8-4-7-20-19(21)6-5-13-25-20;1-15-14-22(26-32(30,31)17-10-8-16(9-11-17)23(2,3)4)27(25-15)19-6-5-7-20-18(19)12-13-21(24)28(20)29;1-15-14-22(27-31(29,30)17-10-8-16(9-11-17)23(2,3)4)28(26-15)20-7-5-6-19-18(20)12-13-21(24)25-19/h5-14,26H,1-4H3;4-14,27H,15H2,1-3H3;5-14,24,26,29H,1-4H3;5-14,27H,1-4H3,(H2,24,25). The Morgan fingerprint density at radius 3 is 1.27 bits per heavy atom. The lowest BCUT2D eigenvalue weighted by atomic mass is 9.87. The highest BCUT2D eigenvalue weighted by Gasteiger charge is 2.29. The number of sulfonamides is 4. The Labute approximate surface area is 729 Å². The number of aromatic nitrogens is 12. The van der Waals surface area contributed by atoms with Crippen molar-refractivity contribution in [1.82, 2.24) is 53.8 Å². The van der Waals surface area contributed by atoms with E-state index < -0.39 is 58.0 Å². The molecule has 0 bridgehead atoms. The van der Waals surface area contributed by atoms with E-state index in [1.54, 1.807) is 170 Å². The van der Waals surface area contributed by atoms with Gasteiger partial charge in [0.05, 0.1) is 87.0 Å². The lowest BCUT2D eigenvalue weighted by molar-refractivity contribution is -0.577. The number of alkyl halides is 1. The third-order valence-corrected chi connectivity index (χ3v) is 25.9. The lowest BCUT2D eigenvalue weighted by Crippen LogP contribution is -2.26. The number of fused-ring (bicyclic) bond motifs is 4. The molecule has 0 spiro atoms. The Hall–Kier alpha value is -13.7. The normalized spacial score (nSPS) is 12.3. The number of nitrogens with zero attached hydrogens (tertiary/aromatic N) is 12. The van der Waals surface area contributed by atoms with Gasteiger partial charge < -0.3 is 16.1 Å². The van der Waals surface area contributed by atoms with Crippen LogP contribution in [0.4, 0.5) is 37.9 Å². The second kappa shape index (κ2) is 34.8. The van der Waals surface area contributed by atoms with Crippen molar-refractivity contribution in [2.45, 2.75) is 152 Å². The van der Waals surface area contributed by atoms with Crippen LogP contribution in [0.1, 0.15) is 128 Å². The van der Waals surface area contributed by atoms with E-state index in [2.05, 4.69) is 112 Å². The zero-order valence-electron chi connectivity index (χ0n) is 71.8. The van der Waals surface area contributed by atoms with Gasteiger partial charge in [-0.3, -0.25) is 29.3 Å². The number of hydrogen-bond donors (Lipinski definition) is 7. The first kappa shape index (κ1) is 90.0. The van der Waals surface area contributed by atoms with E-state index in [0.717, 1.165) is 48.5 Å². The zero-order chi connectivity index (χ0) is 91.1. The van der Waals surface area contributed by atoms with E-state index in [1.165, 1.54) is 44.5 Å². The van der Waals surface area contributed by atoms with E-state index in [-0.39, 0.29) is 64.5 Å². The molecular weight excluding hydrogens is 1680 g/mol. The van der Waals surface area contributed by atoms with Crippen molar-refractivity contribution < 1.29 is 52.4 Å². The summed E-state index contributed by atoms with van der Waals surface area (Å²) in [4.78, 5) is 8.94. The van der Waals surface area contributed by atoms with Crippen molar-refractivity contribution in [2.24, 2.45) is 0 Å². The quantitative estimate of drug-likeness (QED) is 0.0253. The number of nitrogens with two attached hydrogens (primary N) is 1. The van der Waals surface area contributed by atoms with Gasteiger partial charge in [-0.1, -0.05) is 150 Å². The number of aryl methyl sites for hydroxylation is 3. The van der Waals surface area contributed by atoms with E-state index in [4.69, 9.17) is 11.1 Å². The fourth-order valence-corrected chi connectivity index (χ4v) is 18.1. The molecule has 8 aromatic heterocycles. The minimum Gasteiger partial charge on any atom is -0.618 e. The molecule has 16 aromatic rings. The Bertz CT molecular complexity index is 7370. The maximum atomic E-state index is 14.6. The molecule has 0 aliphatic heterocycles. The molecule has 8 aromatic carbocycles. The van der Waals surface area contributed by atoms with Crippen molar-refractivity contribution in [3.63, 3.8) is 0 Å². The highest BCUT2D eigenvalue weighted by molar-refractivity contribution is 7.93. The topological polar surface area (TPSA) is 384 Å². The summed E-state index contributed by atoms with van der Waals surface area (Å²) in [5.41, 5.74) is 15.3. The molecule has 34 heteroatoms. The molecule has 0 aliphatic carbocycles. The fourth-order valence-electron chi connectivity index (χ4n) is 13.9. The predicted octanol–water partition coefficient (Wildman–Crippen LogP) is 17.6. The van der Waals surface area contributed by atoms with Crippen LogP contribution in [0.5, 0.6) is 0 Å². The van der Waals surface area contributed by atoms with Gasteiger partial charge in [0.15, 0.2) is 11.7 Å². The van der Waals surface area contributed by atoms with Crippen LogP contribution >= 0.6 is 0 Å². The van der Waals surface area contributed by atoms with Gasteiger partial charge in [-0.2, -0.15) is 29.9 Å². The zero-order valence-corrected chi connectivity index (χ0v) is 75.1. The third kappa shape index (κ3) is 19.7. The van der Waals surface area contributed by atoms with Crippen molar-refractivity contribution in [1.29, 1.82) is 5.41 Å². The van der Waals surface area contributed by atoms with Gasteiger partial charge >= 0.3 is 0 Å². The summed E-state index contributed by atoms with van der Waals surface area (Å²) in [6, 6.07) is 65.7. The van der Waals surface area contributed by atoms with Crippen LogP contribution in [0.2, 0.25) is 0 Å². The Kier molecular flexibility index (Phi) is 24.9. The van der Waals surface area contributed by atoms with E-state index in [9.17, 15) is 52.9 Å². The first-order chi connectivity index (χ1) is 59.2. The van der Waals surface area contributed by atoms with Gasteiger partial charge in [0.1, 0.15) is 41.6 Å². The van der Waals surface area contributed by atoms with Gasteiger partial charge in [0.25, 0.3) is 40.1 Å². The first-order valence-corrected chi connectivity index (χ1v) is 45.7. The summed E-state index contributed by atoms with van der Waals surface area (Å²) in [6.07, 6.45) is 3.06. The van der Waals surface area contributed by atoms with Crippen LogP contribution in [-0.2, 0) is 68.4 Å². The van der Waals surface area contributed by atoms with Crippen molar-refractivity contribution >= 4 is 113 Å². The van der Waals surface area contributed by atoms with Crippen LogP contribution < -0.4 is 34.8 Å². The Balaban J connectivity index is 0.000000144. The van der Waals surface area contributed by atoms with Crippen molar-refractivity contribution in [3.8, 4) is 22.7 Å². The highest BCUT2D eigenvalue weighted by atomic mass is 32.2. The minimum absolute atomic E-state index is 0.0583. The molecule has 0 radical (unpaired) electrons. The second-order valence-electron chi connectivity index (χ2n) is 34.2. The number of nitrogen functional groups attached to an aromatic ring is 1. The second-order valence-corrected chi connectivity index (χ2v) is 40.9. The van der Waals surface area contributed by atoms with Crippen LogP contribution in [0.15, 0.2) is 269 Å². The monoisotopic (exact) mass is 1780 g/mol. The molecule has 0 saturated carbocycles. The van der Waals surface area contributed by atoms with Gasteiger partial charge in [-0.15, -0.1) is 0 Å². The van der Waals surface area contributed by atoms with Crippen LogP contribution in [0.25, 0.3) is 66.4 Å². The van der Waals surface area contributed by atoms with Gasteiger partial charge in [-0.05, 0) is 198 Å². The lowest BCUT2D eigenvalue weighted by Gasteiger charge is -2.20.